The van der Waals surface area contributed by atoms with Crippen LogP contribution in [0.15, 0.2) is 156 Å². The number of hydrogen-bond donors (Lipinski definition) is 0. The Labute approximate surface area is 260 Å². The van der Waals surface area contributed by atoms with Gasteiger partial charge in [0, 0.05) is 27.5 Å². The Hall–Kier alpha value is -6.13. The van der Waals surface area contributed by atoms with Gasteiger partial charge in [-0.3, -0.25) is 0 Å². The van der Waals surface area contributed by atoms with E-state index in [0.29, 0.717) is 23.5 Å². The molecule has 0 N–H and O–H groups in total. The number of benzene rings is 7. The molecule has 0 aliphatic rings. The summed E-state index contributed by atoms with van der Waals surface area (Å²) < 4.78 is 14.5. The standard InChI is InChI=1S/C41H25N3O/c1-2-9-26(10-3-1)29-18-19-31-25-33(22-20-30(31)23-29)40-42-39(32-21-17-27-11-4-5-12-28(27)24-32)43-41(44-40)35-14-8-16-37-38(35)34-13-6-7-15-36(34)45-37/h1-25H/i6D. The molecule has 0 aliphatic heterocycles. The first-order valence-corrected chi connectivity index (χ1v) is 14.9. The minimum Gasteiger partial charge on any atom is -0.456 e. The third-order valence-electron chi connectivity index (χ3n) is 8.43. The zero-order chi connectivity index (χ0) is 30.6. The van der Waals surface area contributed by atoms with E-state index >= 15 is 0 Å². The monoisotopic (exact) mass is 576 g/mol. The number of nitrogens with zero attached hydrogens (tertiary/aromatic N) is 3. The Balaban J connectivity index is 1.25. The van der Waals surface area contributed by atoms with Crippen LogP contribution in [-0.2, 0) is 0 Å². The van der Waals surface area contributed by atoms with Crippen molar-refractivity contribution >= 4 is 43.5 Å². The molecule has 0 saturated heterocycles. The highest BCUT2D eigenvalue weighted by Crippen LogP contribution is 2.37. The van der Waals surface area contributed by atoms with Gasteiger partial charge in [0.25, 0.3) is 0 Å². The molecule has 0 unspecified atom stereocenters. The van der Waals surface area contributed by atoms with Crippen molar-refractivity contribution in [2.45, 2.75) is 0 Å². The topological polar surface area (TPSA) is 51.8 Å². The number of para-hydroxylation sites is 1. The van der Waals surface area contributed by atoms with Crippen molar-refractivity contribution in [3.63, 3.8) is 0 Å². The molecule has 210 valence electrons. The van der Waals surface area contributed by atoms with Crippen molar-refractivity contribution in [3.05, 3.63) is 152 Å². The van der Waals surface area contributed by atoms with E-state index in [1.165, 1.54) is 11.1 Å². The van der Waals surface area contributed by atoms with E-state index in [9.17, 15) is 0 Å². The van der Waals surface area contributed by atoms with Crippen LogP contribution >= 0.6 is 0 Å². The van der Waals surface area contributed by atoms with Crippen molar-refractivity contribution < 1.29 is 5.79 Å². The van der Waals surface area contributed by atoms with E-state index in [1.807, 2.05) is 48.5 Å². The maximum Gasteiger partial charge on any atom is 0.164 e. The lowest BCUT2D eigenvalue weighted by Gasteiger charge is -2.11. The molecule has 0 saturated carbocycles. The average Bonchev–Trinajstić information content (AvgIpc) is 3.49. The van der Waals surface area contributed by atoms with Crippen LogP contribution in [0.25, 0.3) is 88.8 Å². The second-order valence-electron chi connectivity index (χ2n) is 11.2. The summed E-state index contributed by atoms with van der Waals surface area (Å²) in [6.07, 6.45) is 0. The van der Waals surface area contributed by atoms with Gasteiger partial charge in [0.05, 0.1) is 1.37 Å². The van der Waals surface area contributed by atoms with Gasteiger partial charge < -0.3 is 4.42 Å². The molecule has 0 radical (unpaired) electrons. The van der Waals surface area contributed by atoms with E-state index in [0.717, 1.165) is 60.2 Å². The summed E-state index contributed by atoms with van der Waals surface area (Å²) >= 11 is 0. The first kappa shape index (κ1) is 24.3. The van der Waals surface area contributed by atoms with Gasteiger partial charge in [-0.25, -0.2) is 15.0 Å². The SMILES string of the molecule is [2H]c1ccc2oc3cccc(-c4nc(-c5ccc6ccccc6c5)nc(-c5ccc6cc(-c7ccccc7)ccc6c5)n4)c3c2c1. The van der Waals surface area contributed by atoms with Gasteiger partial charge in [-0.2, -0.15) is 0 Å². The molecule has 0 spiro atoms. The second kappa shape index (κ2) is 10.2. The molecular weight excluding hydrogens is 550 g/mol. The lowest BCUT2D eigenvalue weighted by molar-refractivity contribution is 0.669. The lowest BCUT2D eigenvalue weighted by atomic mass is 10.00. The van der Waals surface area contributed by atoms with Crippen molar-refractivity contribution in [1.29, 1.82) is 0 Å². The average molecular weight is 577 g/mol. The number of furan rings is 1. The third kappa shape index (κ3) is 4.43. The summed E-state index contributed by atoms with van der Waals surface area (Å²) in [4.78, 5) is 15.2. The normalized spacial score (nSPS) is 11.9. The Kier molecular flexibility index (Phi) is 5.54. The summed E-state index contributed by atoms with van der Waals surface area (Å²) in [6.45, 7) is 0. The Morgan fingerprint density at radius 2 is 1.02 bits per heavy atom. The molecule has 2 aromatic heterocycles. The molecule has 0 bridgehead atoms. The van der Waals surface area contributed by atoms with Crippen molar-refractivity contribution in [1.82, 2.24) is 15.0 Å². The Morgan fingerprint density at radius 1 is 0.422 bits per heavy atom. The fourth-order valence-electron chi connectivity index (χ4n) is 6.18. The van der Waals surface area contributed by atoms with Gasteiger partial charge >= 0.3 is 0 Å². The molecule has 0 atom stereocenters. The van der Waals surface area contributed by atoms with E-state index in [4.69, 9.17) is 20.7 Å². The second-order valence-corrected chi connectivity index (χ2v) is 11.2. The molecule has 4 nitrogen and oxygen atoms in total. The van der Waals surface area contributed by atoms with Crippen LogP contribution in [-0.4, -0.2) is 15.0 Å². The van der Waals surface area contributed by atoms with Crippen molar-refractivity contribution in [2.24, 2.45) is 0 Å². The summed E-state index contributed by atoms with van der Waals surface area (Å²) in [6, 6.07) is 49.7. The van der Waals surface area contributed by atoms with Gasteiger partial charge in [-0.1, -0.05) is 121 Å². The van der Waals surface area contributed by atoms with Crippen LogP contribution in [0, 0.1) is 0 Å². The minimum absolute atomic E-state index is 0.421. The van der Waals surface area contributed by atoms with Crippen LogP contribution < -0.4 is 0 Å². The number of hydrogen-bond acceptors (Lipinski definition) is 4. The first-order chi connectivity index (χ1) is 22.7. The predicted octanol–water partition coefficient (Wildman–Crippen LogP) is 10.7. The van der Waals surface area contributed by atoms with E-state index < -0.39 is 0 Å². The minimum atomic E-state index is 0.421. The molecule has 7 aromatic carbocycles. The third-order valence-corrected chi connectivity index (χ3v) is 8.43. The zero-order valence-corrected chi connectivity index (χ0v) is 24.1. The van der Waals surface area contributed by atoms with Crippen LogP contribution in [0.2, 0.25) is 0 Å². The summed E-state index contributed by atoms with van der Waals surface area (Å²) in [5.74, 6) is 1.74. The fraction of sp³-hybridized carbons (Fsp3) is 0. The van der Waals surface area contributed by atoms with Crippen molar-refractivity contribution in [3.8, 4) is 45.3 Å². The van der Waals surface area contributed by atoms with Gasteiger partial charge in [-0.15, -0.1) is 0 Å². The van der Waals surface area contributed by atoms with E-state index in [1.54, 1.807) is 6.07 Å². The van der Waals surface area contributed by atoms with E-state index in [-0.39, 0.29) is 0 Å². The first-order valence-electron chi connectivity index (χ1n) is 15.4. The Bertz CT molecular complexity index is 2610. The summed E-state index contributed by atoms with van der Waals surface area (Å²) in [5, 5.41) is 6.29. The number of fused-ring (bicyclic) bond motifs is 5. The molecule has 0 aliphatic carbocycles. The Morgan fingerprint density at radius 3 is 1.80 bits per heavy atom. The van der Waals surface area contributed by atoms with Gasteiger partial charge in [-0.05, 0) is 63.0 Å². The van der Waals surface area contributed by atoms with Crippen LogP contribution in [0.4, 0.5) is 0 Å². The van der Waals surface area contributed by atoms with Gasteiger partial charge in [0.2, 0.25) is 0 Å². The number of aromatic nitrogens is 3. The summed E-state index contributed by atoms with van der Waals surface area (Å²) in [5.41, 5.74) is 6.48. The maximum atomic E-state index is 8.27. The highest BCUT2D eigenvalue weighted by Gasteiger charge is 2.18. The molecule has 45 heavy (non-hydrogen) atoms. The van der Waals surface area contributed by atoms with Crippen molar-refractivity contribution in [2.75, 3.05) is 0 Å². The largest absolute Gasteiger partial charge is 0.456 e. The van der Waals surface area contributed by atoms with Gasteiger partial charge in [0.1, 0.15) is 11.2 Å². The molecule has 4 heteroatoms. The van der Waals surface area contributed by atoms with Gasteiger partial charge in [0.15, 0.2) is 17.5 Å². The fourth-order valence-corrected chi connectivity index (χ4v) is 6.18. The van der Waals surface area contributed by atoms with Crippen LogP contribution in [0.3, 0.4) is 0 Å². The molecule has 2 heterocycles. The highest BCUT2D eigenvalue weighted by atomic mass is 16.3. The molecule has 9 rings (SSSR count). The van der Waals surface area contributed by atoms with E-state index in [2.05, 4.69) is 91.0 Å². The molecule has 0 amide bonds. The molecular formula is C41H25N3O. The molecule has 0 fully saturated rings. The number of rotatable bonds is 4. The zero-order valence-electron chi connectivity index (χ0n) is 25.1. The van der Waals surface area contributed by atoms with Crippen LogP contribution in [0.1, 0.15) is 1.37 Å². The molecule has 9 aromatic rings. The smallest absolute Gasteiger partial charge is 0.164 e. The predicted molar refractivity (Wildman–Crippen MR) is 184 cm³/mol. The lowest BCUT2D eigenvalue weighted by Crippen LogP contribution is -2.00. The highest BCUT2D eigenvalue weighted by molar-refractivity contribution is 6.11. The quantitative estimate of drug-likeness (QED) is 0.209. The summed E-state index contributed by atoms with van der Waals surface area (Å²) in [7, 11) is 0. The van der Waals surface area contributed by atoms with Crippen LogP contribution in [0.5, 0.6) is 0 Å². The maximum absolute atomic E-state index is 8.27.